The Morgan fingerprint density at radius 2 is 2.05 bits per heavy atom. The second kappa shape index (κ2) is 5.80. The molecule has 4 heteroatoms. The van der Waals surface area contributed by atoms with Crippen LogP contribution < -0.4 is 10.2 Å². The van der Waals surface area contributed by atoms with Crippen LogP contribution in [-0.4, -0.2) is 24.1 Å². The van der Waals surface area contributed by atoms with E-state index in [-0.39, 0.29) is 5.54 Å². The lowest BCUT2D eigenvalue weighted by Gasteiger charge is -2.29. The van der Waals surface area contributed by atoms with Gasteiger partial charge in [0.2, 0.25) is 0 Å². The van der Waals surface area contributed by atoms with Gasteiger partial charge in [-0.15, -0.1) is 11.3 Å². The minimum Gasteiger partial charge on any atom is -0.351 e. The summed E-state index contributed by atoms with van der Waals surface area (Å²) in [6, 6.07) is 0. The van der Waals surface area contributed by atoms with Crippen molar-refractivity contribution >= 4 is 16.5 Å². The lowest BCUT2D eigenvalue weighted by atomic mass is 9.85. The van der Waals surface area contributed by atoms with Crippen LogP contribution in [0.15, 0.2) is 0 Å². The van der Waals surface area contributed by atoms with Gasteiger partial charge in [0.15, 0.2) is 5.13 Å². The molecule has 1 fully saturated rings. The maximum atomic E-state index is 4.73. The van der Waals surface area contributed by atoms with Crippen molar-refractivity contribution in [1.82, 2.24) is 10.3 Å². The molecule has 0 aromatic carbocycles. The summed E-state index contributed by atoms with van der Waals surface area (Å²) in [5.41, 5.74) is 1.34. The number of nitrogens with zero attached hydrogens (tertiary/aromatic N) is 2. The predicted molar refractivity (Wildman–Crippen MR) is 84.1 cm³/mol. The summed E-state index contributed by atoms with van der Waals surface area (Å²) in [5, 5.41) is 4.72. The normalized spacial score (nSPS) is 16.5. The molecule has 0 saturated heterocycles. The predicted octanol–water partition coefficient (Wildman–Crippen LogP) is 3.58. The molecule has 0 spiro atoms. The summed E-state index contributed by atoms with van der Waals surface area (Å²) in [5.74, 6) is 0.894. The van der Waals surface area contributed by atoms with Crippen LogP contribution in [0.4, 0.5) is 5.13 Å². The first-order chi connectivity index (χ1) is 8.85. The fourth-order valence-corrected chi connectivity index (χ4v) is 3.20. The van der Waals surface area contributed by atoms with Crippen molar-refractivity contribution in [3.8, 4) is 0 Å². The second-order valence-corrected chi connectivity index (χ2v) is 7.85. The third-order valence-electron chi connectivity index (χ3n) is 3.74. The molecule has 0 aliphatic heterocycles. The van der Waals surface area contributed by atoms with Crippen molar-refractivity contribution in [1.29, 1.82) is 0 Å². The van der Waals surface area contributed by atoms with E-state index in [1.807, 2.05) is 11.3 Å². The number of thiazole rings is 1. The monoisotopic (exact) mass is 281 g/mol. The van der Waals surface area contributed by atoms with E-state index in [4.69, 9.17) is 4.98 Å². The number of anilines is 1. The molecule has 2 rings (SSSR count). The molecule has 108 valence electrons. The van der Waals surface area contributed by atoms with Crippen molar-refractivity contribution in [2.45, 2.75) is 59.0 Å². The van der Waals surface area contributed by atoms with E-state index in [0.717, 1.165) is 12.5 Å². The first-order valence-corrected chi connectivity index (χ1v) is 8.09. The Labute approximate surface area is 121 Å². The van der Waals surface area contributed by atoms with Crippen LogP contribution in [0.5, 0.6) is 0 Å². The second-order valence-electron chi connectivity index (χ2n) is 6.79. The smallest absolute Gasteiger partial charge is 0.185 e. The molecule has 0 unspecified atom stereocenters. The Kier molecular flexibility index (Phi) is 4.51. The summed E-state index contributed by atoms with van der Waals surface area (Å²) >= 11 is 1.84. The summed E-state index contributed by atoms with van der Waals surface area (Å²) in [6.07, 6.45) is 4.20. The van der Waals surface area contributed by atoms with E-state index in [1.165, 1.54) is 41.5 Å². The number of aryl methyl sites for hydroxylation is 1. The molecule has 1 aliphatic rings. The Morgan fingerprint density at radius 3 is 2.58 bits per heavy atom. The topological polar surface area (TPSA) is 28.2 Å². The highest BCUT2D eigenvalue weighted by atomic mass is 32.1. The van der Waals surface area contributed by atoms with Crippen LogP contribution in [0, 0.1) is 12.8 Å². The van der Waals surface area contributed by atoms with Crippen LogP contribution in [0.2, 0.25) is 0 Å². The number of rotatable bonds is 5. The van der Waals surface area contributed by atoms with Crippen molar-refractivity contribution in [2.24, 2.45) is 5.92 Å². The van der Waals surface area contributed by atoms with Gasteiger partial charge in [-0.2, -0.15) is 0 Å². The maximum Gasteiger partial charge on any atom is 0.185 e. The zero-order valence-electron chi connectivity index (χ0n) is 12.9. The molecule has 0 radical (unpaired) electrons. The zero-order valence-corrected chi connectivity index (χ0v) is 13.7. The van der Waals surface area contributed by atoms with Gasteiger partial charge in [-0.25, -0.2) is 4.98 Å². The largest absolute Gasteiger partial charge is 0.351 e. The van der Waals surface area contributed by atoms with Crippen LogP contribution in [0.3, 0.4) is 0 Å². The van der Waals surface area contributed by atoms with E-state index in [1.54, 1.807) is 0 Å². The lowest BCUT2D eigenvalue weighted by molar-refractivity contribution is 0.321. The van der Waals surface area contributed by atoms with E-state index >= 15 is 0 Å². The third kappa shape index (κ3) is 4.18. The fraction of sp³-hybridized carbons (Fsp3) is 0.800. The minimum atomic E-state index is 0.161. The van der Waals surface area contributed by atoms with Crippen molar-refractivity contribution in [2.75, 3.05) is 18.5 Å². The Hall–Kier alpha value is -0.610. The molecular formula is C15H27N3S. The Bertz CT molecular complexity index is 416. The number of nitrogens with one attached hydrogen (secondary N) is 1. The van der Waals surface area contributed by atoms with E-state index < -0.39 is 0 Å². The molecule has 1 saturated carbocycles. The van der Waals surface area contributed by atoms with Gasteiger partial charge >= 0.3 is 0 Å². The first-order valence-electron chi connectivity index (χ1n) is 7.27. The lowest BCUT2D eigenvalue weighted by Crippen LogP contribution is -2.34. The molecule has 0 atom stereocenters. The SMILES string of the molecule is Cc1nc(N(C)CC2CCC2)sc1CNC(C)(C)C. The molecule has 19 heavy (non-hydrogen) atoms. The molecule has 1 aliphatic carbocycles. The molecule has 1 aromatic rings. The summed E-state index contributed by atoms with van der Waals surface area (Å²) < 4.78 is 0. The van der Waals surface area contributed by atoms with Crippen LogP contribution in [0.25, 0.3) is 0 Å². The molecule has 1 heterocycles. The van der Waals surface area contributed by atoms with Gasteiger partial charge in [-0.3, -0.25) is 0 Å². The van der Waals surface area contributed by atoms with Crippen LogP contribution >= 0.6 is 11.3 Å². The summed E-state index contributed by atoms with van der Waals surface area (Å²) in [4.78, 5) is 8.43. The average Bonchev–Trinajstić information content (AvgIpc) is 2.61. The van der Waals surface area contributed by atoms with Crippen molar-refractivity contribution in [3.63, 3.8) is 0 Å². The van der Waals surface area contributed by atoms with Gasteiger partial charge < -0.3 is 10.2 Å². The third-order valence-corrected chi connectivity index (χ3v) is 5.02. The highest BCUT2D eigenvalue weighted by molar-refractivity contribution is 7.15. The standard InChI is InChI=1S/C15H27N3S/c1-11-13(9-16-15(2,3)4)19-14(17-11)18(5)10-12-7-6-8-12/h12,16H,6-10H2,1-5H3. The van der Waals surface area contributed by atoms with E-state index in [0.29, 0.717) is 0 Å². The molecular weight excluding hydrogens is 254 g/mol. The highest BCUT2D eigenvalue weighted by Gasteiger charge is 2.21. The first kappa shape index (κ1) is 14.8. The summed E-state index contributed by atoms with van der Waals surface area (Å²) in [6.45, 7) is 10.8. The van der Waals surface area contributed by atoms with Crippen LogP contribution in [0.1, 0.15) is 50.6 Å². The van der Waals surface area contributed by atoms with E-state index in [2.05, 4.69) is 45.0 Å². The maximum absolute atomic E-state index is 4.73. The number of aromatic nitrogens is 1. The van der Waals surface area contributed by atoms with Gasteiger partial charge in [0, 0.05) is 30.6 Å². The minimum absolute atomic E-state index is 0.161. The van der Waals surface area contributed by atoms with Gasteiger partial charge in [-0.05, 0) is 46.5 Å². The molecule has 3 nitrogen and oxygen atoms in total. The Balaban J connectivity index is 1.94. The van der Waals surface area contributed by atoms with Gasteiger partial charge in [0.1, 0.15) is 0 Å². The van der Waals surface area contributed by atoms with Crippen molar-refractivity contribution in [3.05, 3.63) is 10.6 Å². The van der Waals surface area contributed by atoms with Gasteiger partial charge in [0.05, 0.1) is 5.69 Å². The average molecular weight is 281 g/mol. The molecule has 0 bridgehead atoms. The molecule has 0 amide bonds. The van der Waals surface area contributed by atoms with Gasteiger partial charge in [0.25, 0.3) is 0 Å². The van der Waals surface area contributed by atoms with Gasteiger partial charge in [-0.1, -0.05) is 6.42 Å². The number of hydrogen-bond acceptors (Lipinski definition) is 4. The van der Waals surface area contributed by atoms with E-state index in [9.17, 15) is 0 Å². The highest BCUT2D eigenvalue weighted by Crippen LogP contribution is 2.31. The molecule has 1 N–H and O–H groups in total. The van der Waals surface area contributed by atoms with Crippen molar-refractivity contribution < 1.29 is 0 Å². The Morgan fingerprint density at radius 1 is 1.37 bits per heavy atom. The number of hydrogen-bond donors (Lipinski definition) is 1. The van der Waals surface area contributed by atoms with Crippen LogP contribution in [-0.2, 0) is 6.54 Å². The molecule has 1 aromatic heterocycles. The quantitative estimate of drug-likeness (QED) is 0.894. The zero-order chi connectivity index (χ0) is 14.0. The summed E-state index contributed by atoms with van der Waals surface area (Å²) in [7, 11) is 2.18. The fourth-order valence-electron chi connectivity index (χ4n) is 2.23.